The van der Waals surface area contributed by atoms with Crippen LogP contribution in [0.3, 0.4) is 0 Å². The number of para-hydroxylation sites is 2. The van der Waals surface area contributed by atoms with E-state index in [0.717, 1.165) is 199 Å². The van der Waals surface area contributed by atoms with Crippen LogP contribution in [0.5, 0.6) is 11.5 Å². The van der Waals surface area contributed by atoms with Crippen LogP contribution in [0.4, 0.5) is 44.9 Å². The molecule has 12 rings (SSSR count). The average molecular weight is 1940 g/mol. The van der Waals surface area contributed by atoms with E-state index >= 15 is 0 Å². The van der Waals surface area contributed by atoms with Crippen LogP contribution in [0.25, 0.3) is 12.2 Å². The number of rotatable bonds is 39. The molecule has 2 saturated heterocycles. The lowest BCUT2D eigenvalue weighted by molar-refractivity contribution is -0.131. The molecule has 2 unspecified atom stereocenters. The number of hydrogen-bond acceptors (Lipinski definition) is 25. The first-order valence-electron chi connectivity index (χ1n) is 43.0. The number of piperazine rings is 2. The summed E-state index contributed by atoms with van der Waals surface area (Å²) in [6, 6.07) is 42.2. The van der Waals surface area contributed by atoms with Crippen molar-refractivity contribution in [2.24, 2.45) is 5.73 Å². The number of ether oxygens (including phenoxy) is 4. The number of nitrogens with two attached hydrogens (primary N) is 1. The second-order valence-corrected chi connectivity index (χ2v) is 34.4. The molecule has 8 N–H and O–H groups in total. The van der Waals surface area contributed by atoms with E-state index in [2.05, 4.69) is 143 Å². The summed E-state index contributed by atoms with van der Waals surface area (Å²) < 4.78 is 22.5. The Morgan fingerprint density at radius 2 is 0.929 bits per heavy atom. The molecule has 6 aromatic heterocycles. The number of thiazole rings is 2. The first-order chi connectivity index (χ1) is 61.4. The van der Waals surface area contributed by atoms with Crippen LogP contribution in [0, 0.1) is 27.7 Å². The predicted molar refractivity (Wildman–Crippen MR) is 523 cm³/mol. The normalized spacial score (nSPS) is 13.2. The lowest BCUT2D eigenvalue weighted by Crippen LogP contribution is -2.47. The fourth-order valence-corrected chi connectivity index (χ4v) is 15.9. The Morgan fingerprint density at radius 1 is 0.520 bits per heavy atom. The molecule has 0 radical (unpaired) electrons. The molecular formula is C94H120Br2Cl2N18O9S2. The summed E-state index contributed by atoms with van der Waals surface area (Å²) in [5.41, 5.74) is 12.8. The van der Waals surface area contributed by atoms with Crippen molar-refractivity contribution in [2.75, 3.05) is 137 Å². The summed E-state index contributed by atoms with van der Waals surface area (Å²) >= 11 is 21.6. The number of hydrogen-bond donors (Lipinski definition) is 7. The quantitative estimate of drug-likeness (QED) is 0.0107. The standard InChI is InChI=1S/C44H51BrClN9O3S.C36H47ClN8O2S.C8H6BrNO2.2C3H8O/c1-4-11-36(51-41(56)21-18-33-13-10-15-38(45)50-33)32-16-19-34(20-17-32)58-27-8-6-5-7-22-54-23-25-55(26-24-54)40-28-39(48-31(3)49-40)52-44-47-29-37(59-44)43(57)53-42-30(2)12-9-14-35(42)46;1-4-10-30(38)27-13-15-28(16-14-27)47-22-8-6-5-7-17-44-18-20-45(21-19-44)33-23-32(40-26(3)41-33)42-36-39-24-31(48-36)35(46)43-34-25(2)11-9-12-29(34)37;9-7-3-1-2-6(10-7)4-5-8(11)12;2*1-3-4-2/h9-10,12-21,28-29,36H,4-8,11,22-27H2,1-3H3,(H,51,56)(H,53,57)(H,47,48,49,52);9,11-16,23-24,30H,4-8,10,17-22,38H2,1-3H3,(H,43,46)(H,39,40,41,42);1-5H,(H,11,12);2*3H2,1-2H3/b21-18+;;5-4+;;. The van der Waals surface area contributed by atoms with Gasteiger partial charge in [0.25, 0.3) is 11.8 Å². The van der Waals surface area contributed by atoms with Crippen molar-refractivity contribution in [3.8, 4) is 11.5 Å². The highest BCUT2D eigenvalue weighted by Crippen LogP contribution is 2.33. The number of carboxylic acids is 1. The van der Waals surface area contributed by atoms with E-state index in [-0.39, 0.29) is 29.8 Å². The lowest BCUT2D eigenvalue weighted by atomic mass is 10.0. The number of carbonyl (C=O) groups is 4. The smallest absolute Gasteiger partial charge is 0.328 e. The minimum Gasteiger partial charge on any atom is -0.494 e. The largest absolute Gasteiger partial charge is 0.494 e. The van der Waals surface area contributed by atoms with E-state index in [1.165, 1.54) is 59.7 Å². The van der Waals surface area contributed by atoms with Crippen LogP contribution >= 0.6 is 77.7 Å². The molecule has 2 fully saturated rings. The molecule has 8 heterocycles. The third-order valence-electron chi connectivity index (χ3n) is 20.1. The van der Waals surface area contributed by atoms with Gasteiger partial charge >= 0.3 is 5.97 Å². The number of pyridine rings is 2. The third-order valence-corrected chi connectivity index (χ3v) is 23.4. The third kappa shape index (κ3) is 37.0. The molecule has 680 valence electrons. The second-order valence-electron chi connectivity index (χ2n) is 29.9. The zero-order valence-electron chi connectivity index (χ0n) is 74.2. The fraction of sp³-hybridized carbons (Fsp3) is 0.404. The monoisotopic (exact) mass is 1940 g/mol. The van der Waals surface area contributed by atoms with Crippen LogP contribution in [-0.2, 0) is 19.1 Å². The van der Waals surface area contributed by atoms with Crippen LogP contribution in [0.1, 0.15) is 181 Å². The maximum Gasteiger partial charge on any atom is 0.328 e. The van der Waals surface area contributed by atoms with Gasteiger partial charge in [0.2, 0.25) is 5.91 Å². The molecule has 0 bridgehead atoms. The Labute approximate surface area is 782 Å². The number of anilines is 8. The molecule has 0 saturated carbocycles. The number of halogens is 4. The first-order valence-corrected chi connectivity index (χ1v) is 47.0. The van der Waals surface area contributed by atoms with E-state index in [1.807, 2.05) is 133 Å². The number of aryl methyl sites for hydroxylation is 4. The van der Waals surface area contributed by atoms with Crippen molar-refractivity contribution in [3.63, 3.8) is 0 Å². The van der Waals surface area contributed by atoms with Crippen molar-refractivity contribution < 1.29 is 43.2 Å². The van der Waals surface area contributed by atoms with Gasteiger partial charge in [0.05, 0.1) is 64.5 Å². The van der Waals surface area contributed by atoms with E-state index in [1.54, 1.807) is 63.0 Å². The molecule has 27 nitrogen and oxygen atoms in total. The summed E-state index contributed by atoms with van der Waals surface area (Å²) in [6.07, 6.45) is 21.8. The molecule has 2 atom stereocenters. The van der Waals surface area contributed by atoms with E-state index in [9.17, 15) is 19.2 Å². The van der Waals surface area contributed by atoms with Gasteiger partial charge in [-0.1, -0.05) is 159 Å². The topological polar surface area (TPSA) is 328 Å². The Balaban J connectivity index is 0.000000261. The van der Waals surface area contributed by atoms with Crippen LogP contribution in [0.2, 0.25) is 10.0 Å². The van der Waals surface area contributed by atoms with Gasteiger partial charge in [0.15, 0.2) is 10.3 Å². The molecule has 10 aromatic rings. The highest BCUT2D eigenvalue weighted by molar-refractivity contribution is 9.10. The summed E-state index contributed by atoms with van der Waals surface area (Å²) in [6.45, 7) is 28.6. The summed E-state index contributed by atoms with van der Waals surface area (Å²) in [5.74, 6) is 4.53. The van der Waals surface area contributed by atoms with Gasteiger partial charge in [0.1, 0.15) is 65.4 Å². The number of nitrogens with zero attached hydrogens (tertiary/aromatic N) is 12. The number of aliphatic carboxylic acids is 1. The lowest BCUT2D eigenvalue weighted by Gasteiger charge is -2.35. The number of nitrogens with one attached hydrogen (secondary N) is 5. The van der Waals surface area contributed by atoms with Gasteiger partial charge in [-0.2, -0.15) is 0 Å². The summed E-state index contributed by atoms with van der Waals surface area (Å²) in [7, 11) is 3.36. The fourth-order valence-electron chi connectivity index (χ4n) is 13.2. The Hall–Kier alpha value is -9.90. The Kier molecular flexibility index (Phi) is 45.5. The van der Waals surface area contributed by atoms with E-state index < -0.39 is 5.97 Å². The Morgan fingerprint density at radius 3 is 1.33 bits per heavy atom. The molecule has 2 aliphatic heterocycles. The molecular weight excluding hydrogens is 1820 g/mol. The minimum absolute atomic E-state index is 0.0742. The number of amides is 3. The minimum atomic E-state index is -0.975. The second kappa shape index (κ2) is 56.4. The number of carboxylic acid groups (broad SMARTS) is 1. The summed E-state index contributed by atoms with van der Waals surface area (Å²) in [4.78, 5) is 95.0. The molecule has 0 spiro atoms. The van der Waals surface area contributed by atoms with Gasteiger partial charge in [-0.3, -0.25) is 24.2 Å². The molecule has 4 aromatic carbocycles. The predicted octanol–water partition coefficient (Wildman–Crippen LogP) is 20.8. The number of aromatic nitrogens is 8. The van der Waals surface area contributed by atoms with Gasteiger partial charge in [-0.25, -0.2) is 44.7 Å². The zero-order chi connectivity index (χ0) is 91.2. The highest BCUT2D eigenvalue weighted by Gasteiger charge is 2.24. The Bertz CT molecular complexity index is 5030. The number of carbonyl (C=O) groups excluding carboxylic acids is 3. The average Bonchev–Trinajstić information content (AvgIpc) is 1.66. The summed E-state index contributed by atoms with van der Waals surface area (Å²) in [5, 5.41) is 25.9. The molecule has 0 aliphatic carbocycles. The van der Waals surface area contributed by atoms with Gasteiger partial charge < -0.3 is 66.2 Å². The molecule has 2 aliphatic rings. The maximum atomic E-state index is 12.9. The van der Waals surface area contributed by atoms with E-state index in [4.69, 9.17) is 53.5 Å². The SMILES string of the molecule is CCCC(N)c1ccc(OCCCCCCN2CCN(c3cc(Nc4ncc(C(=O)Nc5c(C)cccc5Cl)s4)nc(C)n3)CC2)cc1.CCCC(NC(=O)/C=C/c1cccc(Br)n1)c1ccc(OCCCCCCN2CCN(c3cc(Nc4ncc(C(=O)Nc5c(C)cccc5Cl)s4)nc(C)n3)CC2)cc1.CCOC.CCOC.O=C(O)/C=C/c1cccc(Br)n1. The van der Waals surface area contributed by atoms with Gasteiger partial charge in [0, 0.05) is 110 Å². The molecule has 127 heavy (non-hydrogen) atoms. The van der Waals surface area contributed by atoms with Crippen molar-refractivity contribution in [1.82, 2.24) is 55.0 Å². The first kappa shape index (κ1) is 102. The van der Waals surface area contributed by atoms with Crippen molar-refractivity contribution in [2.45, 2.75) is 145 Å². The zero-order valence-corrected chi connectivity index (χ0v) is 80.5. The molecule has 3 amide bonds. The molecule has 33 heteroatoms. The maximum absolute atomic E-state index is 12.9. The van der Waals surface area contributed by atoms with Crippen molar-refractivity contribution in [3.05, 3.63) is 232 Å². The van der Waals surface area contributed by atoms with Crippen molar-refractivity contribution in [1.29, 1.82) is 0 Å². The number of unbranched alkanes of at least 4 members (excludes halogenated alkanes) is 6. The van der Waals surface area contributed by atoms with Crippen molar-refractivity contribution >= 4 is 158 Å². The van der Waals surface area contributed by atoms with Crippen LogP contribution < -0.4 is 51.6 Å². The van der Waals surface area contributed by atoms with Gasteiger partial charge in [-0.05, 0) is 220 Å². The highest BCUT2D eigenvalue weighted by atomic mass is 79.9. The van der Waals surface area contributed by atoms with Gasteiger partial charge in [-0.15, -0.1) is 0 Å². The van der Waals surface area contributed by atoms with E-state index in [0.29, 0.717) is 81.6 Å². The van der Waals surface area contributed by atoms with Crippen LogP contribution in [0.15, 0.2) is 167 Å². The number of methoxy groups -OCH3 is 2. The van der Waals surface area contributed by atoms with Crippen LogP contribution in [-0.4, -0.2) is 185 Å². The number of benzene rings is 4.